The molecule has 0 saturated carbocycles. The molecule has 7 nitrogen and oxygen atoms in total. The molecule has 2 aromatic carbocycles. The van der Waals surface area contributed by atoms with Crippen molar-refractivity contribution in [3.05, 3.63) is 60.2 Å². The Morgan fingerprint density at radius 3 is 2.61 bits per heavy atom. The fraction of sp³-hybridized carbons (Fsp3) is 0.480. The largest absolute Gasteiger partial charge is 0.493 e. The van der Waals surface area contributed by atoms with Crippen LogP contribution in [0, 0.1) is 0 Å². The molecule has 0 spiro atoms. The van der Waals surface area contributed by atoms with Gasteiger partial charge in [0.25, 0.3) is 0 Å². The molecular formula is C25H34NO6P. The van der Waals surface area contributed by atoms with Gasteiger partial charge in [-0.2, -0.15) is 0 Å². The molecular weight excluding hydrogens is 441 g/mol. The number of hydrogen-bond acceptors (Lipinski definition) is 7. The minimum Gasteiger partial charge on any atom is -0.493 e. The average Bonchev–Trinajstić information content (AvgIpc) is 3.32. The Kier molecular flexibility index (Phi) is 9.79. The van der Waals surface area contributed by atoms with E-state index in [9.17, 15) is 4.57 Å². The maximum atomic E-state index is 13.4. The van der Waals surface area contributed by atoms with E-state index in [4.69, 9.17) is 23.4 Å². The van der Waals surface area contributed by atoms with E-state index >= 15 is 0 Å². The summed E-state index contributed by atoms with van der Waals surface area (Å²) in [7, 11) is -1.81. The first-order valence-electron chi connectivity index (χ1n) is 11.5. The number of oxime groups is 1. The maximum absolute atomic E-state index is 13.4. The molecule has 0 amide bonds. The lowest BCUT2D eigenvalue weighted by molar-refractivity contribution is 0.0894. The third-order valence-electron chi connectivity index (χ3n) is 5.40. The van der Waals surface area contributed by atoms with Gasteiger partial charge in [-0.1, -0.05) is 48.5 Å². The Balaban J connectivity index is 1.51. The normalized spacial score (nSPS) is 18.2. The summed E-state index contributed by atoms with van der Waals surface area (Å²) in [6, 6.07) is 17.4. The first kappa shape index (κ1) is 25.3. The van der Waals surface area contributed by atoms with Crippen LogP contribution in [0.2, 0.25) is 0 Å². The van der Waals surface area contributed by atoms with Crippen molar-refractivity contribution in [2.75, 3.05) is 20.3 Å². The van der Waals surface area contributed by atoms with Crippen LogP contribution in [0.3, 0.4) is 0 Å². The van der Waals surface area contributed by atoms with Crippen molar-refractivity contribution in [2.45, 2.75) is 57.9 Å². The Bertz CT molecular complexity index is 936. The molecule has 3 rings (SSSR count). The van der Waals surface area contributed by atoms with Gasteiger partial charge < -0.3 is 18.8 Å². The summed E-state index contributed by atoms with van der Waals surface area (Å²) in [5, 5.41) is 3.99. The van der Waals surface area contributed by atoms with Gasteiger partial charge in [0.05, 0.1) is 25.0 Å². The molecule has 0 bridgehead atoms. The predicted octanol–water partition coefficient (Wildman–Crippen LogP) is 6.22. The van der Waals surface area contributed by atoms with Crippen molar-refractivity contribution in [2.24, 2.45) is 5.16 Å². The molecule has 0 aliphatic carbocycles. The highest BCUT2D eigenvalue weighted by molar-refractivity contribution is 7.54. The minimum absolute atomic E-state index is 0.143. The number of hydrogen-bond donors (Lipinski definition) is 0. The number of nitrogens with zero attached hydrogens (tertiary/aromatic N) is 1. The topological polar surface area (TPSA) is 75.6 Å². The van der Waals surface area contributed by atoms with E-state index in [1.54, 1.807) is 32.2 Å². The quantitative estimate of drug-likeness (QED) is 0.238. The third-order valence-corrected chi connectivity index (χ3v) is 7.47. The zero-order valence-corrected chi connectivity index (χ0v) is 20.5. The van der Waals surface area contributed by atoms with E-state index in [0.717, 1.165) is 31.4 Å². The van der Waals surface area contributed by atoms with Gasteiger partial charge >= 0.3 is 7.60 Å². The summed E-state index contributed by atoms with van der Waals surface area (Å²) in [6.45, 7) is 4.55. The van der Waals surface area contributed by atoms with Gasteiger partial charge in [0.2, 0.25) is 5.85 Å². The fourth-order valence-corrected chi connectivity index (χ4v) is 5.29. The first-order chi connectivity index (χ1) is 16.1. The molecule has 0 N–H and O–H groups in total. The molecule has 1 aliphatic rings. The van der Waals surface area contributed by atoms with Gasteiger partial charge in [-0.05, 0) is 50.3 Å². The van der Waals surface area contributed by atoms with E-state index in [1.165, 1.54) is 5.56 Å². The van der Waals surface area contributed by atoms with Gasteiger partial charge in [-0.3, -0.25) is 4.52 Å². The molecule has 0 aromatic heterocycles. The molecule has 0 fully saturated rings. The molecule has 8 heteroatoms. The van der Waals surface area contributed by atoms with Crippen molar-refractivity contribution in [1.82, 2.24) is 0 Å². The van der Waals surface area contributed by atoms with Crippen LogP contribution in [-0.2, 0) is 25.1 Å². The standard InChI is InChI=1S/C25H34NO6P/c1-4-21-18-25(31-26-21)33(27,30-5-2)32-24-14-9-13-23(19-24)29-16-10-15-22(28-3)17-20-11-7-6-8-12-20/h6-9,11-14,19,22,25H,4-5,10,15-18H2,1-3H3. The van der Waals surface area contributed by atoms with Crippen LogP contribution in [0.4, 0.5) is 0 Å². The highest BCUT2D eigenvalue weighted by atomic mass is 31.2. The molecule has 1 heterocycles. The Labute approximate surface area is 196 Å². The molecule has 3 atom stereocenters. The monoisotopic (exact) mass is 475 g/mol. The van der Waals surface area contributed by atoms with Crippen molar-refractivity contribution < 1.29 is 27.9 Å². The highest BCUT2D eigenvalue weighted by Gasteiger charge is 2.43. The number of rotatable bonds is 14. The summed E-state index contributed by atoms with van der Waals surface area (Å²) in [5.74, 6) is 0.328. The second-order valence-electron chi connectivity index (χ2n) is 7.84. The number of ether oxygens (including phenoxy) is 2. The lowest BCUT2D eigenvalue weighted by Gasteiger charge is -2.22. The smallest absolute Gasteiger partial charge is 0.422 e. The molecule has 33 heavy (non-hydrogen) atoms. The van der Waals surface area contributed by atoms with Crippen LogP contribution in [0.25, 0.3) is 0 Å². The van der Waals surface area contributed by atoms with Crippen LogP contribution < -0.4 is 9.26 Å². The van der Waals surface area contributed by atoms with Crippen LogP contribution in [-0.4, -0.2) is 38.0 Å². The van der Waals surface area contributed by atoms with Crippen LogP contribution in [0.5, 0.6) is 11.5 Å². The maximum Gasteiger partial charge on any atom is 0.422 e. The zero-order chi connectivity index (χ0) is 23.5. The summed E-state index contributed by atoms with van der Waals surface area (Å²) in [6.07, 6.45) is 3.93. The second-order valence-corrected chi connectivity index (χ2v) is 9.93. The Hall–Kier alpha value is -2.34. The van der Waals surface area contributed by atoms with E-state index in [1.807, 2.05) is 31.2 Å². The SMILES string of the molecule is CCOP(=O)(Oc1cccc(OCCCC(Cc2ccccc2)OC)c1)C1CC(CC)=NO1. The lowest BCUT2D eigenvalue weighted by atomic mass is 10.0. The van der Waals surface area contributed by atoms with E-state index in [0.29, 0.717) is 24.5 Å². The fourth-order valence-electron chi connectivity index (χ4n) is 3.59. The van der Waals surface area contributed by atoms with Crippen molar-refractivity contribution in [3.8, 4) is 11.5 Å². The third kappa shape index (κ3) is 7.60. The molecule has 0 saturated heterocycles. The minimum atomic E-state index is -3.55. The summed E-state index contributed by atoms with van der Waals surface area (Å²) < 4.78 is 36.3. The van der Waals surface area contributed by atoms with Crippen molar-refractivity contribution in [1.29, 1.82) is 0 Å². The van der Waals surface area contributed by atoms with Gasteiger partial charge in [-0.15, -0.1) is 0 Å². The average molecular weight is 476 g/mol. The number of methoxy groups -OCH3 is 1. The van der Waals surface area contributed by atoms with Gasteiger partial charge in [0.1, 0.15) is 11.5 Å². The van der Waals surface area contributed by atoms with Crippen molar-refractivity contribution in [3.63, 3.8) is 0 Å². The summed E-state index contributed by atoms with van der Waals surface area (Å²) >= 11 is 0. The van der Waals surface area contributed by atoms with E-state index in [2.05, 4.69) is 17.3 Å². The van der Waals surface area contributed by atoms with Crippen LogP contribution in [0.1, 0.15) is 45.1 Å². The first-order valence-corrected chi connectivity index (χ1v) is 13.1. The molecule has 180 valence electrons. The second kappa shape index (κ2) is 12.8. The van der Waals surface area contributed by atoms with Gasteiger partial charge in [0, 0.05) is 19.6 Å². The highest BCUT2D eigenvalue weighted by Crippen LogP contribution is 2.56. The molecule has 2 aromatic rings. The Morgan fingerprint density at radius 2 is 1.91 bits per heavy atom. The van der Waals surface area contributed by atoms with E-state index in [-0.39, 0.29) is 12.7 Å². The predicted molar refractivity (Wildman–Crippen MR) is 129 cm³/mol. The molecule has 3 unspecified atom stereocenters. The summed E-state index contributed by atoms with van der Waals surface area (Å²) in [4.78, 5) is 5.36. The van der Waals surface area contributed by atoms with Gasteiger partial charge in [0.15, 0.2) is 0 Å². The van der Waals surface area contributed by atoms with Crippen LogP contribution >= 0.6 is 7.60 Å². The Morgan fingerprint density at radius 1 is 1.12 bits per heavy atom. The zero-order valence-electron chi connectivity index (χ0n) is 19.6. The summed E-state index contributed by atoms with van der Waals surface area (Å²) in [5.41, 5.74) is 2.11. The molecule has 1 aliphatic heterocycles. The van der Waals surface area contributed by atoms with Crippen LogP contribution in [0.15, 0.2) is 59.8 Å². The van der Waals surface area contributed by atoms with Gasteiger partial charge in [-0.25, -0.2) is 4.57 Å². The lowest BCUT2D eigenvalue weighted by Crippen LogP contribution is -2.15. The van der Waals surface area contributed by atoms with E-state index < -0.39 is 13.4 Å². The molecule has 0 radical (unpaired) electrons. The number of benzene rings is 2. The van der Waals surface area contributed by atoms with Crippen molar-refractivity contribution >= 4 is 13.3 Å².